The third-order valence-corrected chi connectivity index (χ3v) is 1.78. The number of amides is 1. The molecule has 0 spiro atoms. The van der Waals surface area contributed by atoms with Crippen LogP contribution in [0.15, 0.2) is 30.9 Å². The fourth-order valence-electron chi connectivity index (χ4n) is 1.20. The van der Waals surface area contributed by atoms with Crippen molar-refractivity contribution in [3.05, 3.63) is 30.9 Å². The molecule has 1 aromatic rings. The molecule has 1 aromatic carbocycles. The molecule has 16 heavy (non-hydrogen) atoms. The lowest BCUT2D eigenvalue weighted by atomic mass is 10.2. The van der Waals surface area contributed by atoms with E-state index in [1.807, 2.05) is 0 Å². The van der Waals surface area contributed by atoms with Gasteiger partial charge in [0.25, 0.3) is 0 Å². The van der Waals surface area contributed by atoms with Gasteiger partial charge in [-0.3, -0.25) is 5.32 Å². The number of anilines is 1. The van der Waals surface area contributed by atoms with Crippen LogP contribution in [0.1, 0.15) is 0 Å². The Hall–Kier alpha value is -2.17. The minimum absolute atomic E-state index is 0.326. The van der Waals surface area contributed by atoms with Gasteiger partial charge in [-0.05, 0) is 12.1 Å². The fourth-order valence-corrected chi connectivity index (χ4v) is 1.20. The Labute approximate surface area is 93.3 Å². The van der Waals surface area contributed by atoms with Crippen LogP contribution in [-0.4, -0.2) is 24.9 Å². The predicted octanol–water partition coefficient (Wildman–Crippen LogP) is 2.35. The Morgan fingerprint density at radius 2 is 2.38 bits per heavy atom. The molecule has 0 fully saturated rings. The van der Waals surface area contributed by atoms with Gasteiger partial charge in [-0.2, -0.15) is 0 Å². The zero-order chi connectivity index (χ0) is 12.0. The van der Waals surface area contributed by atoms with Crippen molar-refractivity contribution < 1.29 is 19.4 Å². The van der Waals surface area contributed by atoms with Gasteiger partial charge in [0.05, 0.1) is 12.8 Å². The highest BCUT2D eigenvalue weighted by Crippen LogP contribution is 2.34. The topological polar surface area (TPSA) is 67.8 Å². The van der Waals surface area contributed by atoms with E-state index in [0.29, 0.717) is 23.8 Å². The number of benzene rings is 1. The molecule has 5 nitrogen and oxygen atoms in total. The molecule has 2 N–H and O–H groups in total. The average molecular weight is 223 g/mol. The van der Waals surface area contributed by atoms with Crippen molar-refractivity contribution in [3.63, 3.8) is 0 Å². The van der Waals surface area contributed by atoms with Crippen LogP contribution >= 0.6 is 0 Å². The van der Waals surface area contributed by atoms with Crippen LogP contribution in [0.3, 0.4) is 0 Å². The summed E-state index contributed by atoms with van der Waals surface area (Å²) in [5, 5.41) is 10.9. The van der Waals surface area contributed by atoms with Crippen molar-refractivity contribution >= 4 is 11.8 Å². The maximum Gasteiger partial charge on any atom is 0.409 e. The van der Waals surface area contributed by atoms with E-state index in [1.54, 1.807) is 24.3 Å². The molecular weight excluding hydrogens is 210 g/mol. The molecule has 0 saturated carbocycles. The summed E-state index contributed by atoms with van der Waals surface area (Å²) in [7, 11) is 1.45. The highest BCUT2D eigenvalue weighted by Gasteiger charge is 2.11. The lowest BCUT2D eigenvalue weighted by molar-refractivity contribution is 0.209. The van der Waals surface area contributed by atoms with E-state index in [9.17, 15) is 4.79 Å². The maximum absolute atomic E-state index is 10.5. The number of hydrogen-bond acceptors (Lipinski definition) is 3. The lowest BCUT2D eigenvalue weighted by Crippen LogP contribution is -2.09. The molecule has 0 radical (unpaired) electrons. The number of hydrogen-bond donors (Lipinski definition) is 2. The Bertz CT molecular complexity index is 390. The SMILES string of the molecule is C=CCOc1cccc(NC(=O)O)c1OC. The second-order valence-corrected chi connectivity index (χ2v) is 2.87. The van der Waals surface area contributed by atoms with Crippen LogP contribution in [0.5, 0.6) is 11.5 Å². The quantitative estimate of drug-likeness (QED) is 0.752. The zero-order valence-corrected chi connectivity index (χ0v) is 8.90. The molecule has 0 heterocycles. The van der Waals surface area contributed by atoms with Crippen molar-refractivity contribution in [2.24, 2.45) is 0 Å². The van der Waals surface area contributed by atoms with Crippen molar-refractivity contribution in [1.29, 1.82) is 0 Å². The summed E-state index contributed by atoms with van der Waals surface area (Å²) in [6.45, 7) is 3.85. The third kappa shape index (κ3) is 2.91. The molecule has 0 aromatic heterocycles. The number of para-hydroxylation sites is 1. The molecule has 0 bridgehead atoms. The zero-order valence-electron chi connectivity index (χ0n) is 8.90. The smallest absolute Gasteiger partial charge is 0.409 e. The lowest BCUT2D eigenvalue weighted by Gasteiger charge is -2.12. The van der Waals surface area contributed by atoms with Gasteiger partial charge < -0.3 is 14.6 Å². The predicted molar refractivity (Wildman–Crippen MR) is 60.3 cm³/mol. The molecule has 0 aliphatic rings. The Kier molecular flexibility index (Phi) is 4.20. The van der Waals surface area contributed by atoms with Gasteiger partial charge in [0.1, 0.15) is 6.61 Å². The monoisotopic (exact) mass is 223 g/mol. The minimum atomic E-state index is -1.15. The molecule has 0 aliphatic heterocycles. The first kappa shape index (κ1) is 11.9. The third-order valence-electron chi connectivity index (χ3n) is 1.78. The minimum Gasteiger partial charge on any atom is -0.491 e. The van der Waals surface area contributed by atoms with Crippen molar-refractivity contribution in [3.8, 4) is 11.5 Å². The summed E-state index contributed by atoms with van der Waals surface area (Å²) in [6.07, 6.45) is 0.440. The molecular formula is C11H13NO4. The van der Waals surface area contributed by atoms with E-state index in [1.165, 1.54) is 7.11 Å². The van der Waals surface area contributed by atoms with E-state index >= 15 is 0 Å². The number of carbonyl (C=O) groups is 1. The number of methoxy groups -OCH3 is 1. The van der Waals surface area contributed by atoms with Gasteiger partial charge in [-0.1, -0.05) is 18.7 Å². The molecule has 1 rings (SSSR count). The summed E-state index contributed by atoms with van der Waals surface area (Å²) in [5.41, 5.74) is 0.344. The van der Waals surface area contributed by atoms with Crippen molar-refractivity contribution in [1.82, 2.24) is 0 Å². The van der Waals surface area contributed by atoms with E-state index in [-0.39, 0.29) is 0 Å². The first-order valence-electron chi connectivity index (χ1n) is 4.59. The highest BCUT2D eigenvalue weighted by atomic mass is 16.5. The van der Waals surface area contributed by atoms with Gasteiger partial charge in [0, 0.05) is 0 Å². The summed E-state index contributed by atoms with van der Waals surface area (Å²) < 4.78 is 10.4. The highest BCUT2D eigenvalue weighted by molar-refractivity contribution is 5.86. The maximum atomic E-state index is 10.5. The standard InChI is InChI=1S/C11H13NO4/c1-3-7-16-9-6-4-5-8(10(9)15-2)12-11(13)14/h3-6,12H,1,7H2,2H3,(H,13,14). The van der Waals surface area contributed by atoms with Crippen molar-refractivity contribution in [2.45, 2.75) is 0 Å². The number of carboxylic acid groups (broad SMARTS) is 1. The molecule has 0 aliphatic carbocycles. The summed E-state index contributed by atoms with van der Waals surface area (Å²) in [4.78, 5) is 10.5. The average Bonchev–Trinajstić information content (AvgIpc) is 2.25. The van der Waals surface area contributed by atoms with Gasteiger partial charge in [0.15, 0.2) is 11.5 Å². The summed E-state index contributed by atoms with van der Waals surface area (Å²) in [6, 6.07) is 4.95. The molecule has 86 valence electrons. The fraction of sp³-hybridized carbons (Fsp3) is 0.182. The number of ether oxygens (including phenoxy) is 2. The first-order valence-corrected chi connectivity index (χ1v) is 4.59. The normalized spacial score (nSPS) is 9.31. The molecule has 0 atom stereocenters. The number of rotatable bonds is 5. The largest absolute Gasteiger partial charge is 0.491 e. The van der Waals surface area contributed by atoms with Gasteiger partial charge >= 0.3 is 6.09 Å². The number of nitrogens with one attached hydrogen (secondary N) is 1. The van der Waals surface area contributed by atoms with E-state index in [4.69, 9.17) is 14.6 Å². The van der Waals surface area contributed by atoms with Crippen LogP contribution in [0.25, 0.3) is 0 Å². The van der Waals surface area contributed by atoms with E-state index in [2.05, 4.69) is 11.9 Å². The van der Waals surface area contributed by atoms with E-state index < -0.39 is 6.09 Å². The Morgan fingerprint density at radius 3 is 2.94 bits per heavy atom. The summed E-state index contributed by atoms with van der Waals surface area (Å²) in [5.74, 6) is 0.820. The van der Waals surface area contributed by atoms with Gasteiger partial charge in [-0.15, -0.1) is 0 Å². The van der Waals surface area contributed by atoms with E-state index in [0.717, 1.165) is 0 Å². The van der Waals surface area contributed by atoms with Gasteiger partial charge in [-0.25, -0.2) is 4.79 Å². The van der Waals surface area contributed by atoms with Gasteiger partial charge in [0.2, 0.25) is 0 Å². The van der Waals surface area contributed by atoms with Crippen LogP contribution < -0.4 is 14.8 Å². The van der Waals surface area contributed by atoms with Crippen LogP contribution in [0.4, 0.5) is 10.5 Å². The molecule has 0 unspecified atom stereocenters. The molecule has 0 saturated heterocycles. The van der Waals surface area contributed by atoms with Crippen LogP contribution in [0, 0.1) is 0 Å². The Morgan fingerprint density at radius 1 is 1.62 bits per heavy atom. The first-order chi connectivity index (χ1) is 7.69. The molecule has 5 heteroatoms. The Balaban J connectivity index is 2.99. The van der Waals surface area contributed by atoms with Crippen molar-refractivity contribution in [2.75, 3.05) is 19.0 Å². The van der Waals surface area contributed by atoms with Crippen LogP contribution in [-0.2, 0) is 0 Å². The van der Waals surface area contributed by atoms with Crippen LogP contribution in [0.2, 0.25) is 0 Å². The second kappa shape index (κ2) is 5.65. The second-order valence-electron chi connectivity index (χ2n) is 2.87. The summed E-state index contributed by atoms with van der Waals surface area (Å²) >= 11 is 0. The molecule has 1 amide bonds.